The fourth-order valence-electron chi connectivity index (χ4n) is 4.16. The molecular weight excluding hydrogens is 422 g/mol. The molecule has 7 heteroatoms. The van der Waals surface area contributed by atoms with E-state index in [2.05, 4.69) is 5.32 Å². The molecule has 0 aliphatic carbocycles. The average Bonchev–Trinajstić information content (AvgIpc) is 2.71. The number of Topliss-reactive ketones (excluding diaryl/α,β-unsaturated/α-hetero) is 1. The fraction of sp³-hybridized carbons (Fsp3) is 0.538. The van der Waals surface area contributed by atoms with E-state index in [9.17, 15) is 24.3 Å². The summed E-state index contributed by atoms with van der Waals surface area (Å²) in [6, 6.07) is 0. The highest BCUT2D eigenvalue weighted by atomic mass is 16.5. The molecule has 2 aliphatic heterocycles. The first-order valence-corrected chi connectivity index (χ1v) is 11.6. The molecule has 33 heavy (non-hydrogen) atoms. The smallest absolute Gasteiger partial charge is 0.331 e. The molecule has 0 aromatic carbocycles. The van der Waals surface area contributed by atoms with Gasteiger partial charge in [0, 0.05) is 37.2 Å². The predicted octanol–water partition coefficient (Wildman–Crippen LogP) is 3.34. The number of rotatable bonds is 7. The largest absolute Gasteiger partial charge is 0.454 e. The fourth-order valence-corrected chi connectivity index (χ4v) is 4.16. The zero-order chi connectivity index (χ0) is 24.4. The number of esters is 1. The molecule has 0 spiro atoms. The molecule has 2 heterocycles. The second-order valence-electron chi connectivity index (χ2n) is 9.01. The molecule has 2 rings (SSSR count). The highest BCUT2D eigenvalue weighted by Gasteiger charge is 2.28. The summed E-state index contributed by atoms with van der Waals surface area (Å²) in [5, 5.41) is 12.6. The number of aliphatic hydroxyl groups is 1. The van der Waals surface area contributed by atoms with Gasteiger partial charge >= 0.3 is 5.97 Å². The van der Waals surface area contributed by atoms with Crippen LogP contribution in [0.15, 0.2) is 48.1 Å². The maximum Gasteiger partial charge on any atom is 0.331 e. The molecule has 7 nitrogen and oxygen atoms in total. The van der Waals surface area contributed by atoms with E-state index in [1.807, 2.05) is 38.2 Å². The van der Waals surface area contributed by atoms with Crippen LogP contribution in [0.5, 0.6) is 0 Å². The number of hydrogen-bond acceptors (Lipinski definition) is 6. The van der Waals surface area contributed by atoms with Gasteiger partial charge in [-0.25, -0.2) is 4.79 Å². The van der Waals surface area contributed by atoms with Crippen LogP contribution >= 0.6 is 0 Å². The minimum Gasteiger partial charge on any atom is -0.454 e. The molecule has 0 radical (unpaired) electrons. The van der Waals surface area contributed by atoms with Gasteiger partial charge in [-0.2, -0.15) is 0 Å². The van der Waals surface area contributed by atoms with Gasteiger partial charge in [-0.3, -0.25) is 19.7 Å². The normalized spacial score (nSPS) is 27.9. The average molecular weight is 458 g/mol. The topological polar surface area (TPSA) is 110 Å². The third kappa shape index (κ3) is 9.30. The van der Waals surface area contributed by atoms with Gasteiger partial charge in [-0.05, 0) is 37.7 Å². The highest BCUT2D eigenvalue weighted by Crippen LogP contribution is 2.24. The van der Waals surface area contributed by atoms with E-state index < -0.39 is 24.1 Å². The van der Waals surface area contributed by atoms with E-state index in [0.717, 1.165) is 18.4 Å². The van der Waals surface area contributed by atoms with E-state index in [1.54, 1.807) is 19.1 Å². The summed E-state index contributed by atoms with van der Waals surface area (Å²) in [5.74, 6) is -2.10. The number of piperidine rings is 1. The highest BCUT2D eigenvalue weighted by molar-refractivity contribution is 5.97. The lowest BCUT2D eigenvalue weighted by molar-refractivity contribution is -0.142. The Hall–Kier alpha value is -2.80. The Morgan fingerprint density at radius 3 is 2.55 bits per heavy atom. The molecule has 2 N–H and O–H groups in total. The van der Waals surface area contributed by atoms with Gasteiger partial charge in [0.1, 0.15) is 11.9 Å². The Morgan fingerprint density at radius 2 is 1.85 bits per heavy atom. The van der Waals surface area contributed by atoms with Crippen LogP contribution < -0.4 is 5.32 Å². The van der Waals surface area contributed by atoms with Crippen LogP contribution in [-0.2, 0) is 23.9 Å². The molecule has 2 amide bonds. The van der Waals surface area contributed by atoms with Crippen LogP contribution in [-0.4, -0.2) is 40.9 Å². The van der Waals surface area contributed by atoms with E-state index >= 15 is 0 Å². The van der Waals surface area contributed by atoms with Crippen molar-refractivity contribution in [2.24, 2.45) is 17.8 Å². The summed E-state index contributed by atoms with van der Waals surface area (Å²) in [7, 11) is 0. The molecule has 2 aliphatic rings. The molecule has 1 saturated heterocycles. The molecule has 0 aromatic heterocycles. The monoisotopic (exact) mass is 457 g/mol. The van der Waals surface area contributed by atoms with Crippen LogP contribution in [0.2, 0.25) is 0 Å². The van der Waals surface area contributed by atoms with Gasteiger partial charge in [0.25, 0.3) is 0 Å². The minimum absolute atomic E-state index is 0.0648. The summed E-state index contributed by atoms with van der Waals surface area (Å²) in [6.07, 6.45) is 13.6. The van der Waals surface area contributed by atoms with Crippen molar-refractivity contribution >= 4 is 23.6 Å². The summed E-state index contributed by atoms with van der Waals surface area (Å²) in [6.45, 7) is 5.53. The van der Waals surface area contributed by atoms with Crippen molar-refractivity contribution in [2.75, 3.05) is 0 Å². The number of hydrogen-bond donors (Lipinski definition) is 2. The Kier molecular flexibility index (Phi) is 10.5. The van der Waals surface area contributed by atoms with E-state index in [4.69, 9.17) is 4.74 Å². The van der Waals surface area contributed by atoms with Crippen LogP contribution in [0, 0.1) is 17.8 Å². The molecule has 0 saturated carbocycles. The molecule has 0 aromatic rings. The zero-order valence-corrected chi connectivity index (χ0v) is 19.7. The standard InChI is InChI=1S/C26H35NO6/c1-17-10-8-6-4-5-7-9-11-25(32)33-26(17)19(3)12-18(2)22(29)16-21(28)13-20-14-23(30)27-24(31)15-20/h4,6,8-12,17-18,20-21,26,28H,5,7,13-16H2,1-3H3,(H,27,30,31)/b6-4+,10-8+,11-9+,19-12+/t17-,18-,21+,26+/m0/s1. The van der Waals surface area contributed by atoms with E-state index in [-0.39, 0.29) is 55.1 Å². The summed E-state index contributed by atoms with van der Waals surface area (Å²) in [4.78, 5) is 47.9. The summed E-state index contributed by atoms with van der Waals surface area (Å²) < 4.78 is 5.68. The third-order valence-electron chi connectivity index (χ3n) is 5.88. The Bertz CT molecular complexity index is 837. The van der Waals surface area contributed by atoms with E-state index in [0.29, 0.717) is 0 Å². The second kappa shape index (κ2) is 13.0. The summed E-state index contributed by atoms with van der Waals surface area (Å²) >= 11 is 0. The quantitative estimate of drug-likeness (QED) is 0.345. The molecular formula is C26H35NO6. The maximum atomic E-state index is 12.7. The van der Waals surface area contributed by atoms with Crippen LogP contribution in [0.4, 0.5) is 0 Å². The van der Waals surface area contributed by atoms with Crippen molar-refractivity contribution in [2.45, 2.75) is 71.5 Å². The van der Waals surface area contributed by atoms with Crippen LogP contribution in [0.1, 0.15) is 59.3 Å². The van der Waals surface area contributed by atoms with E-state index in [1.165, 1.54) is 6.08 Å². The first-order chi connectivity index (χ1) is 15.7. The predicted molar refractivity (Wildman–Crippen MR) is 125 cm³/mol. The van der Waals surface area contributed by atoms with Gasteiger partial charge in [-0.1, -0.05) is 50.3 Å². The number of aliphatic hydroxyl groups excluding tert-OH is 1. The van der Waals surface area contributed by atoms with Crippen molar-refractivity contribution in [1.82, 2.24) is 5.32 Å². The number of carbonyl (C=O) groups is 4. The Balaban J connectivity index is 2.01. The number of ketones is 1. The lowest BCUT2D eigenvalue weighted by atomic mass is 9.88. The van der Waals surface area contributed by atoms with Gasteiger partial charge in [0.2, 0.25) is 11.8 Å². The van der Waals surface area contributed by atoms with Gasteiger partial charge < -0.3 is 9.84 Å². The van der Waals surface area contributed by atoms with Crippen molar-refractivity contribution in [3.63, 3.8) is 0 Å². The number of nitrogens with one attached hydrogen (secondary N) is 1. The van der Waals surface area contributed by atoms with Crippen molar-refractivity contribution in [3.05, 3.63) is 48.1 Å². The zero-order valence-electron chi connectivity index (χ0n) is 19.7. The van der Waals surface area contributed by atoms with Crippen molar-refractivity contribution in [1.29, 1.82) is 0 Å². The summed E-state index contributed by atoms with van der Waals surface area (Å²) in [5.41, 5.74) is 0.764. The van der Waals surface area contributed by atoms with Crippen LogP contribution in [0.3, 0.4) is 0 Å². The minimum atomic E-state index is -0.921. The first-order valence-electron chi connectivity index (χ1n) is 11.6. The first kappa shape index (κ1) is 26.5. The van der Waals surface area contributed by atoms with Gasteiger partial charge in [0.15, 0.2) is 0 Å². The van der Waals surface area contributed by atoms with Crippen molar-refractivity contribution < 1.29 is 29.0 Å². The molecule has 180 valence electrons. The third-order valence-corrected chi connectivity index (χ3v) is 5.88. The molecule has 0 bridgehead atoms. The van der Waals surface area contributed by atoms with Crippen LogP contribution in [0.25, 0.3) is 0 Å². The second-order valence-corrected chi connectivity index (χ2v) is 9.01. The molecule has 4 atom stereocenters. The van der Waals surface area contributed by atoms with Gasteiger partial charge in [0.05, 0.1) is 6.10 Å². The number of ether oxygens (including phenoxy) is 1. The number of carbonyl (C=O) groups excluding carboxylic acids is 4. The SMILES string of the molecule is C/C(=C\[C@H](C)C(=O)C[C@H](O)CC1CC(=O)NC(=O)C1)[C@@H]1OC(=O)/C=C/CC/C=C/C=C/[C@@H]1C. The number of imide groups is 1. The van der Waals surface area contributed by atoms with Gasteiger partial charge in [-0.15, -0.1) is 0 Å². The number of cyclic esters (lactones) is 1. The Labute approximate surface area is 195 Å². The Morgan fingerprint density at radius 1 is 1.18 bits per heavy atom. The number of amides is 2. The van der Waals surface area contributed by atoms with Crippen molar-refractivity contribution in [3.8, 4) is 0 Å². The molecule has 0 unspecified atom stereocenters. The lowest BCUT2D eigenvalue weighted by Gasteiger charge is -2.24. The lowest BCUT2D eigenvalue weighted by Crippen LogP contribution is -2.39. The number of allylic oxidation sites excluding steroid dienone is 5. The maximum absolute atomic E-state index is 12.7. The molecule has 1 fully saturated rings.